The Balaban J connectivity index is 2.39. The minimum Gasteiger partial charge on any atom is -0.457 e. The van der Waals surface area contributed by atoms with E-state index in [0.29, 0.717) is 13.0 Å². The summed E-state index contributed by atoms with van der Waals surface area (Å²) in [5.41, 5.74) is 0. The van der Waals surface area contributed by atoms with E-state index < -0.39 is 59.8 Å². The maximum absolute atomic E-state index is 12.9. The fraction of sp³-hybridized carbons (Fsp3) is 0.824. The normalized spacial score (nSPS) is 20.1. The molecule has 374 valence electrons. The van der Waals surface area contributed by atoms with Gasteiger partial charge in [-0.25, -0.2) is 4.18 Å². The molecule has 0 bridgehead atoms. The van der Waals surface area contributed by atoms with Crippen molar-refractivity contribution in [3.05, 3.63) is 48.6 Å². The Hall–Kier alpha value is -1.94. The fourth-order valence-electron chi connectivity index (χ4n) is 7.56. The van der Waals surface area contributed by atoms with Gasteiger partial charge in [-0.15, -0.1) is 0 Å². The number of carbonyl (C=O) groups excluding carboxylic acids is 1. The standard InChI is InChI=1S/C51H92O12S/c1-3-5-7-9-11-13-15-17-19-21-23-25-27-29-31-33-35-37-39-41-59-43-45(44-60-51-49(55)50(63-64(56,57)58)48(54)46(42-52)62-51)61-47(53)40-38-36-34-32-30-28-26-24-22-20-18-16-14-12-10-8-6-4-2/h13-16,19-22,45-46,48-52,54-55H,3-12,17-18,23-44H2,1-2H3,(H,56,57,58)/b15-13-,16-14-,21-19-,22-20-. The molecule has 0 amide bonds. The van der Waals surface area contributed by atoms with Crippen molar-refractivity contribution in [2.75, 3.05) is 26.4 Å². The number of aliphatic hydroxyl groups excluding tert-OH is 3. The summed E-state index contributed by atoms with van der Waals surface area (Å²) in [7, 11) is -5.07. The second-order valence-corrected chi connectivity index (χ2v) is 18.4. The van der Waals surface area contributed by atoms with Crippen LogP contribution in [0.3, 0.4) is 0 Å². The molecule has 13 heteroatoms. The SMILES string of the molecule is CCCCCC/C=C\C/C=C\CCCCCCCCCCOCC(COC1OC(CO)C(O)C(OS(=O)(=O)O)C1O)OC(=O)CCCCCCCCC/C=C\C/C=C\CCCCCC. The van der Waals surface area contributed by atoms with Gasteiger partial charge in [0.1, 0.15) is 30.5 Å². The van der Waals surface area contributed by atoms with E-state index in [2.05, 4.69) is 66.6 Å². The summed E-state index contributed by atoms with van der Waals surface area (Å²) in [5.74, 6) is -0.409. The predicted octanol–water partition coefficient (Wildman–Crippen LogP) is 11.5. The molecular formula is C51H92O12S. The molecule has 0 aromatic carbocycles. The van der Waals surface area contributed by atoms with Gasteiger partial charge in [-0.3, -0.25) is 9.35 Å². The van der Waals surface area contributed by atoms with Crippen LogP contribution in [0.1, 0.15) is 206 Å². The monoisotopic (exact) mass is 929 g/mol. The summed E-state index contributed by atoms with van der Waals surface area (Å²) in [4.78, 5) is 12.9. The van der Waals surface area contributed by atoms with Gasteiger partial charge in [0.2, 0.25) is 0 Å². The Labute approximate surface area is 389 Å². The van der Waals surface area contributed by atoms with Gasteiger partial charge in [-0.2, -0.15) is 8.42 Å². The Kier molecular flexibility index (Phi) is 39.8. The summed E-state index contributed by atoms with van der Waals surface area (Å²) >= 11 is 0. The summed E-state index contributed by atoms with van der Waals surface area (Å²) < 4.78 is 59.2. The summed E-state index contributed by atoms with van der Waals surface area (Å²) in [6.07, 6.45) is 42.8. The first kappa shape index (κ1) is 60.1. The number of unbranched alkanes of at least 4 members (excludes halogenated alkanes) is 23. The van der Waals surface area contributed by atoms with Crippen LogP contribution in [0.2, 0.25) is 0 Å². The van der Waals surface area contributed by atoms with Gasteiger partial charge >= 0.3 is 16.4 Å². The van der Waals surface area contributed by atoms with Gasteiger partial charge in [0.05, 0.1) is 19.8 Å². The lowest BCUT2D eigenvalue weighted by Gasteiger charge is -2.41. The molecule has 6 unspecified atom stereocenters. The van der Waals surface area contributed by atoms with Crippen LogP contribution in [0.4, 0.5) is 0 Å². The van der Waals surface area contributed by atoms with Gasteiger partial charge in [0.15, 0.2) is 6.29 Å². The first-order valence-corrected chi connectivity index (χ1v) is 26.8. The summed E-state index contributed by atoms with van der Waals surface area (Å²) in [5, 5.41) is 30.7. The topological polar surface area (TPSA) is 178 Å². The molecule has 64 heavy (non-hydrogen) atoms. The largest absolute Gasteiger partial charge is 0.457 e. The van der Waals surface area contributed by atoms with Crippen molar-refractivity contribution in [3.63, 3.8) is 0 Å². The highest BCUT2D eigenvalue weighted by molar-refractivity contribution is 7.80. The number of rotatable bonds is 44. The lowest BCUT2D eigenvalue weighted by Crippen LogP contribution is -2.60. The molecule has 0 radical (unpaired) electrons. The molecule has 4 N–H and O–H groups in total. The molecule has 1 fully saturated rings. The maximum Gasteiger partial charge on any atom is 0.397 e. The predicted molar refractivity (Wildman–Crippen MR) is 257 cm³/mol. The van der Waals surface area contributed by atoms with Crippen LogP contribution in [0.15, 0.2) is 48.6 Å². The van der Waals surface area contributed by atoms with E-state index in [1.54, 1.807) is 0 Å². The Morgan fingerprint density at radius 1 is 0.594 bits per heavy atom. The number of carbonyl (C=O) groups is 1. The second kappa shape index (κ2) is 42.4. The van der Waals surface area contributed by atoms with Gasteiger partial charge in [0, 0.05) is 13.0 Å². The third kappa shape index (κ3) is 35.3. The molecule has 0 aliphatic carbocycles. The highest BCUT2D eigenvalue weighted by Crippen LogP contribution is 2.26. The van der Waals surface area contributed by atoms with Crippen LogP contribution in [0.25, 0.3) is 0 Å². The first-order chi connectivity index (χ1) is 31.1. The van der Waals surface area contributed by atoms with E-state index in [1.165, 1.54) is 116 Å². The fourth-order valence-corrected chi connectivity index (χ4v) is 8.07. The third-order valence-electron chi connectivity index (χ3n) is 11.4. The van der Waals surface area contributed by atoms with E-state index >= 15 is 0 Å². The van der Waals surface area contributed by atoms with Crippen LogP contribution < -0.4 is 0 Å². The second-order valence-electron chi connectivity index (χ2n) is 17.4. The quantitative estimate of drug-likeness (QED) is 0.0197. The molecular weight excluding hydrogens is 837 g/mol. The van der Waals surface area contributed by atoms with E-state index in [4.69, 9.17) is 18.9 Å². The molecule has 1 heterocycles. The molecule has 0 aromatic heterocycles. The van der Waals surface area contributed by atoms with Crippen LogP contribution >= 0.6 is 0 Å². The minimum atomic E-state index is -5.07. The highest BCUT2D eigenvalue weighted by atomic mass is 32.3. The van der Waals surface area contributed by atoms with Gasteiger partial charge in [0.25, 0.3) is 0 Å². The Bertz CT molecular complexity index is 1300. The van der Waals surface area contributed by atoms with Gasteiger partial charge in [-0.1, -0.05) is 172 Å². The summed E-state index contributed by atoms with van der Waals surface area (Å²) in [6.45, 7) is 3.95. The lowest BCUT2D eigenvalue weighted by molar-refractivity contribution is -0.301. The number of ether oxygens (including phenoxy) is 4. The van der Waals surface area contributed by atoms with Crippen LogP contribution in [0, 0.1) is 0 Å². The zero-order chi connectivity index (χ0) is 46.8. The number of hydrogen-bond acceptors (Lipinski definition) is 11. The summed E-state index contributed by atoms with van der Waals surface area (Å²) in [6, 6.07) is 0. The molecule has 6 atom stereocenters. The zero-order valence-corrected chi connectivity index (χ0v) is 40.9. The highest BCUT2D eigenvalue weighted by Gasteiger charge is 2.48. The number of aliphatic hydroxyl groups is 3. The van der Waals surface area contributed by atoms with Crippen molar-refractivity contribution in [1.29, 1.82) is 0 Å². The van der Waals surface area contributed by atoms with Crippen molar-refractivity contribution < 1.29 is 56.2 Å². The van der Waals surface area contributed by atoms with E-state index in [-0.39, 0.29) is 19.6 Å². The molecule has 1 rings (SSSR count). The first-order valence-electron chi connectivity index (χ1n) is 25.4. The average molecular weight is 929 g/mol. The van der Waals surface area contributed by atoms with Crippen LogP contribution in [-0.2, 0) is 38.3 Å². The van der Waals surface area contributed by atoms with Crippen molar-refractivity contribution in [2.24, 2.45) is 0 Å². The van der Waals surface area contributed by atoms with E-state index in [1.807, 2.05) is 0 Å². The molecule has 12 nitrogen and oxygen atoms in total. The Morgan fingerprint density at radius 3 is 1.48 bits per heavy atom. The molecule has 0 aromatic rings. The number of allylic oxidation sites excluding steroid dienone is 8. The van der Waals surface area contributed by atoms with E-state index in [9.17, 15) is 33.1 Å². The van der Waals surface area contributed by atoms with Crippen LogP contribution in [0.5, 0.6) is 0 Å². The Morgan fingerprint density at radius 2 is 1.03 bits per heavy atom. The van der Waals surface area contributed by atoms with E-state index in [0.717, 1.165) is 64.2 Å². The molecule has 0 spiro atoms. The molecule has 1 saturated heterocycles. The molecule has 0 saturated carbocycles. The van der Waals surface area contributed by atoms with Crippen molar-refractivity contribution in [3.8, 4) is 0 Å². The van der Waals surface area contributed by atoms with Crippen molar-refractivity contribution in [2.45, 2.75) is 243 Å². The van der Waals surface area contributed by atoms with Gasteiger partial charge in [-0.05, 0) is 77.0 Å². The van der Waals surface area contributed by atoms with Crippen LogP contribution in [-0.4, -0.2) is 97.5 Å². The number of hydrogen-bond donors (Lipinski definition) is 4. The van der Waals surface area contributed by atoms with Gasteiger partial charge < -0.3 is 34.3 Å². The average Bonchev–Trinajstić information content (AvgIpc) is 3.27. The third-order valence-corrected chi connectivity index (χ3v) is 11.9. The number of esters is 1. The van der Waals surface area contributed by atoms with Crippen molar-refractivity contribution >= 4 is 16.4 Å². The minimum absolute atomic E-state index is 0.0281. The maximum atomic E-state index is 12.9. The molecule has 1 aliphatic rings. The lowest BCUT2D eigenvalue weighted by atomic mass is 9.99. The smallest absolute Gasteiger partial charge is 0.397 e. The zero-order valence-electron chi connectivity index (χ0n) is 40.1. The van der Waals surface area contributed by atoms with Crippen molar-refractivity contribution in [1.82, 2.24) is 0 Å². The molecule has 1 aliphatic heterocycles.